The molecule has 0 spiro atoms. The largest absolute Gasteiger partial charge is 0.497 e. The number of nitrogens with zero attached hydrogens (tertiary/aromatic N) is 5. The number of ether oxygens (including phenoxy) is 1. The highest BCUT2D eigenvalue weighted by atomic mass is 16.5. The van der Waals surface area contributed by atoms with Crippen molar-refractivity contribution in [3.8, 4) is 22.8 Å². The lowest BCUT2D eigenvalue weighted by Crippen LogP contribution is -2.34. The molecule has 7 nitrogen and oxygen atoms in total. The number of likely N-dealkylation sites (N-methyl/N-ethyl adjacent to an activating group) is 1. The van der Waals surface area contributed by atoms with Crippen LogP contribution in [-0.2, 0) is 0 Å². The number of amides is 1. The van der Waals surface area contributed by atoms with Crippen LogP contribution in [0.2, 0.25) is 0 Å². The van der Waals surface area contributed by atoms with E-state index in [1.165, 1.54) is 0 Å². The predicted molar refractivity (Wildman–Crippen MR) is 125 cm³/mol. The lowest BCUT2D eigenvalue weighted by Gasteiger charge is -2.20. The maximum Gasteiger partial charge on any atom is 0.256 e. The van der Waals surface area contributed by atoms with Crippen molar-refractivity contribution >= 4 is 11.4 Å². The fraction of sp³-hybridized carbons (Fsp3) is 0.280. The number of methoxy groups -OCH3 is 1. The van der Waals surface area contributed by atoms with Gasteiger partial charge in [-0.1, -0.05) is 6.07 Å². The van der Waals surface area contributed by atoms with Crippen molar-refractivity contribution < 1.29 is 9.53 Å². The van der Waals surface area contributed by atoms with E-state index in [-0.39, 0.29) is 5.91 Å². The summed E-state index contributed by atoms with van der Waals surface area (Å²) in [7, 11) is 5.80. The van der Waals surface area contributed by atoms with Crippen LogP contribution in [0.25, 0.3) is 22.6 Å². The third-order valence-electron chi connectivity index (χ3n) is 6.28. The molecule has 0 radical (unpaired) electrons. The van der Waals surface area contributed by atoms with E-state index in [0.717, 1.165) is 53.4 Å². The second-order valence-corrected chi connectivity index (χ2v) is 8.40. The van der Waals surface area contributed by atoms with Gasteiger partial charge >= 0.3 is 0 Å². The predicted octanol–water partition coefficient (Wildman–Crippen LogP) is 3.58. The molecule has 1 atom stereocenters. The normalized spacial score (nSPS) is 16.2. The Morgan fingerprint density at radius 3 is 2.62 bits per heavy atom. The van der Waals surface area contributed by atoms with Gasteiger partial charge in [0.05, 0.1) is 29.6 Å². The van der Waals surface area contributed by atoms with Gasteiger partial charge in [-0.3, -0.25) is 4.79 Å². The lowest BCUT2D eigenvalue weighted by atomic mass is 10.2. The molecule has 32 heavy (non-hydrogen) atoms. The van der Waals surface area contributed by atoms with Crippen LogP contribution in [0.5, 0.6) is 5.75 Å². The Labute approximate surface area is 187 Å². The van der Waals surface area contributed by atoms with Gasteiger partial charge in [-0.2, -0.15) is 5.10 Å². The molecular weight excluding hydrogens is 402 g/mol. The zero-order valence-electron chi connectivity index (χ0n) is 18.6. The van der Waals surface area contributed by atoms with E-state index in [0.29, 0.717) is 6.04 Å². The molecule has 1 amide bonds. The number of benzene rings is 1. The van der Waals surface area contributed by atoms with E-state index in [1.807, 2.05) is 81.0 Å². The van der Waals surface area contributed by atoms with Crippen molar-refractivity contribution in [2.45, 2.75) is 12.5 Å². The second kappa shape index (κ2) is 8.16. The molecule has 1 saturated heterocycles. The third kappa shape index (κ3) is 3.54. The van der Waals surface area contributed by atoms with Crippen LogP contribution in [0, 0.1) is 0 Å². The molecule has 1 aliphatic rings. The summed E-state index contributed by atoms with van der Waals surface area (Å²) in [6, 6.07) is 18.1. The van der Waals surface area contributed by atoms with Gasteiger partial charge in [-0.15, -0.1) is 0 Å². The van der Waals surface area contributed by atoms with Gasteiger partial charge in [-0.05, 0) is 69.0 Å². The molecule has 164 valence electrons. The standard InChI is InChI=1S/C25H27N5O2/c1-27(2)19-11-14-28(17-19)25(31)21-16-24(29-13-5-4-6-23(21)29)22-12-15-30(26-22)18-7-9-20(32-3)10-8-18/h4-10,12-13,15-16,19H,11,14,17H2,1-3H3. The molecule has 1 aromatic carbocycles. The number of rotatable bonds is 5. The smallest absolute Gasteiger partial charge is 0.256 e. The average molecular weight is 430 g/mol. The molecule has 1 aliphatic heterocycles. The maximum absolute atomic E-state index is 13.4. The first-order chi connectivity index (χ1) is 15.5. The van der Waals surface area contributed by atoms with E-state index in [1.54, 1.807) is 7.11 Å². The van der Waals surface area contributed by atoms with Crippen LogP contribution in [0.1, 0.15) is 16.8 Å². The maximum atomic E-state index is 13.4. The molecule has 0 aliphatic carbocycles. The second-order valence-electron chi connectivity index (χ2n) is 8.40. The Bertz CT molecular complexity index is 1260. The minimum atomic E-state index is 0.0823. The number of carbonyl (C=O) groups is 1. The number of likely N-dealkylation sites (tertiary alicyclic amines) is 1. The summed E-state index contributed by atoms with van der Waals surface area (Å²) in [4.78, 5) is 17.6. The van der Waals surface area contributed by atoms with Gasteiger partial charge in [-0.25, -0.2) is 4.68 Å². The van der Waals surface area contributed by atoms with Crippen LogP contribution in [0.15, 0.2) is 67.0 Å². The Balaban J connectivity index is 1.49. The number of aromatic nitrogens is 3. The van der Waals surface area contributed by atoms with Crippen molar-refractivity contribution in [3.63, 3.8) is 0 Å². The fourth-order valence-electron chi connectivity index (χ4n) is 4.38. The van der Waals surface area contributed by atoms with Gasteiger partial charge in [0.15, 0.2) is 0 Å². The van der Waals surface area contributed by atoms with Gasteiger partial charge in [0.2, 0.25) is 0 Å². The lowest BCUT2D eigenvalue weighted by molar-refractivity contribution is 0.0785. The average Bonchev–Trinajstić information content (AvgIpc) is 3.57. The van der Waals surface area contributed by atoms with Crippen LogP contribution in [-0.4, -0.2) is 70.2 Å². The van der Waals surface area contributed by atoms with Crippen molar-refractivity contribution in [3.05, 3.63) is 72.6 Å². The van der Waals surface area contributed by atoms with E-state index < -0.39 is 0 Å². The Hall–Kier alpha value is -3.58. The van der Waals surface area contributed by atoms with Gasteiger partial charge in [0.25, 0.3) is 5.91 Å². The molecule has 0 bridgehead atoms. The number of carbonyl (C=O) groups excluding carboxylic acids is 1. The minimum absolute atomic E-state index is 0.0823. The highest BCUT2D eigenvalue weighted by molar-refractivity contribution is 6.03. The third-order valence-corrected chi connectivity index (χ3v) is 6.28. The van der Waals surface area contributed by atoms with Crippen molar-refractivity contribution in [2.24, 2.45) is 0 Å². The number of pyridine rings is 1. The van der Waals surface area contributed by atoms with Crippen LogP contribution in [0.4, 0.5) is 0 Å². The van der Waals surface area contributed by atoms with Crippen molar-refractivity contribution in [1.29, 1.82) is 0 Å². The minimum Gasteiger partial charge on any atom is -0.497 e. The highest BCUT2D eigenvalue weighted by Gasteiger charge is 2.30. The Kier molecular flexibility index (Phi) is 5.19. The molecule has 0 N–H and O–H groups in total. The molecule has 4 aromatic rings. The summed E-state index contributed by atoms with van der Waals surface area (Å²) in [6.07, 6.45) is 4.92. The SMILES string of the molecule is COc1ccc(-n2ccc(-c3cc(C(=O)N4CCC(N(C)C)C4)c4ccccn34)n2)cc1. The van der Waals surface area contributed by atoms with Gasteiger partial charge in [0.1, 0.15) is 11.4 Å². The molecule has 7 heteroatoms. The number of fused-ring (bicyclic) bond motifs is 1. The summed E-state index contributed by atoms with van der Waals surface area (Å²) >= 11 is 0. The van der Waals surface area contributed by atoms with E-state index >= 15 is 0 Å². The first-order valence-electron chi connectivity index (χ1n) is 10.8. The summed E-state index contributed by atoms with van der Waals surface area (Å²) in [5.41, 5.74) is 4.29. The summed E-state index contributed by atoms with van der Waals surface area (Å²) < 4.78 is 9.13. The monoisotopic (exact) mass is 429 g/mol. The zero-order valence-corrected chi connectivity index (χ0v) is 18.6. The molecular formula is C25H27N5O2. The number of hydrogen-bond acceptors (Lipinski definition) is 4. The molecule has 1 unspecified atom stereocenters. The molecule has 4 heterocycles. The fourth-order valence-corrected chi connectivity index (χ4v) is 4.38. The Morgan fingerprint density at radius 1 is 1.09 bits per heavy atom. The summed E-state index contributed by atoms with van der Waals surface area (Å²) in [5.74, 6) is 0.888. The summed E-state index contributed by atoms with van der Waals surface area (Å²) in [6.45, 7) is 1.55. The molecule has 0 saturated carbocycles. The molecule has 1 fully saturated rings. The van der Waals surface area contributed by atoms with E-state index in [2.05, 4.69) is 19.0 Å². The quantitative estimate of drug-likeness (QED) is 0.487. The first kappa shape index (κ1) is 20.3. The van der Waals surface area contributed by atoms with E-state index in [4.69, 9.17) is 9.84 Å². The first-order valence-corrected chi connectivity index (χ1v) is 10.8. The van der Waals surface area contributed by atoms with Gasteiger partial charge in [0, 0.05) is 31.5 Å². The molecule has 5 rings (SSSR count). The zero-order chi connectivity index (χ0) is 22.2. The van der Waals surface area contributed by atoms with Crippen molar-refractivity contribution in [2.75, 3.05) is 34.3 Å². The number of hydrogen-bond donors (Lipinski definition) is 0. The topological polar surface area (TPSA) is 55.0 Å². The summed E-state index contributed by atoms with van der Waals surface area (Å²) in [5, 5.41) is 4.79. The molecule has 3 aromatic heterocycles. The van der Waals surface area contributed by atoms with Crippen LogP contribution >= 0.6 is 0 Å². The Morgan fingerprint density at radius 2 is 1.91 bits per heavy atom. The van der Waals surface area contributed by atoms with Gasteiger partial charge < -0.3 is 18.9 Å². The highest BCUT2D eigenvalue weighted by Crippen LogP contribution is 2.28. The van der Waals surface area contributed by atoms with Crippen LogP contribution < -0.4 is 4.74 Å². The van der Waals surface area contributed by atoms with E-state index in [9.17, 15) is 4.79 Å². The van der Waals surface area contributed by atoms with Crippen LogP contribution in [0.3, 0.4) is 0 Å². The van der Waals surface area contributed by atoms with Crippen molar-refractivity contribution in [1.82, 2.24) is 24.0 Å².